The third-order valence-electron chi connectivity index (χ3n) is 2.28. The van der Waals surface area contributed by atoms with Gasteiger partial charge in [0.15, 0.2) is 5.75 Å². The third-order valence-corrected chi connectivity index (χ3v) is 2.28. The van der Waals surface area contributed by atoms with E-state index in [1.165, 1.54) is 13.2 Å². The maximum atomic E-state index is 13.6. The molecule has 0 saturated carbocycles. The monoisotopic (exact) mass is 244 g/mol. The van der Waals surface area contributed by atoms with Crippen molar-refractivity contribution in [3.63, 3.8) is 0 Å². The molecule has 94 valence electrons. The van der Waals surface area contributed by atoms with Crippen molar-refractivity contribution in [2.24, 2.45) is 5.73 Å². The van der Waals surface area contributed by atoms with Gasteiger partial charge in [-0.3, -0.25) is 10.1 Å². The largest absolute Gasteiger partial charge is 0.500 e. The molecule has 0 heterocycles. The van der Waals surface area contributed by atoms with Gasteiger partial charge in [-0.05, 0) is 24.6 Å². The number of ether oxygens (including phenoxy) is 1. The Kier molecular flexibility index (Phi) is 4.22. The second-order valence-corrected chi connectivity index (χ2v) is 3.39. The van der Waals surface area contributed by atoms with Crippen molar-refractivity contribution in [3.05, 3.63) is 27.8 Å². The van der Waals surface area contributed by atoms with Crippen LogP contribution in [0.5, 0.6) is 11.5 Å². The van der Waals surface area contributed by atoms with Gasteiger partial charge in [0, 0.05) is 6.07 Å². The van der Waals surface area contributed by atoms with Crippen LogP contribution in [-0.4, -0.2) is 23.7 Å². The minimum atomic E-state index is -1.42. The fourth-order valence-electron chi connectivity index (χ4n) is 1.40. The fourth-order valence-corrected chi connectivity index (χ4v) is 1.40. The average molecular weight is 244 g/mol. The number of phenols is 1. The Morgan fingerprint density at radius 2 is 2.29 bits per heavy atom. The maximum absolute atomic E-state index is 13.6. The van der Waals surface area contributed by atoms with Crippen molar-refractivity contribution in [1.29, 1.82) is 0 Å². The SMILES string of the molecule is COc1cc(C(F)CCN)cc([N+](=O)[O-])c1O. The minimum Gasteiger partial charge on any atom is -0.500 e. The van der Waals surface area contributed by atoms with E-state index < -0.39 is 22.5 Å². The number of hydrogen-bond donors (Lipinski definition) is 2. The molecule has 0 aromatic heterocycles. The van der Waals surface area contributed by atoms with Crippen molar-refractivity contribution in [2.45, 2.75) is 12.6 Å². The summed E-state index contributed by atoms with van der Waals surface area (Å²) in [5, 5.41) is 20.1. The van der Waals surface area contributed by atoms with Gasteiger partial charge in [0.1, 0.15) is 6.17 Å². The molecule has 1 unspecified atom stereocenters. The third kappa shape index (κ3) is 2.82. The highest BCUT2D eigenvalue weighted by molar-refractivity contribution is 5.57. The molecule has 0 bridgehead atoms. The van der Waals surface area contributed by atoms with E-state index >= 15 is 0 Å². The molecule has 0 fully saturated rings. The van der Waals surface area contributed by atoms with Crippen LogP contribution in [-0.2, 0) is 0 Å². The van der Waals surface area contributed by atoms with Gasteiger partial charge >= 0.3 is 5.69 Å². The number of hydrogen-bond acceptors (Lipinski definition) is 5. The molecule has 1 atom stereocenters. The number of nitro benzene ring substituents is 1. The Balaban J connectivity index is 3.24. The molecule has 1 rings (SSSR count). The lowest BCUT2D eigenvalue weighted by Crippen LogP contribution is -2.04. The van der Waals surface area contributed by atoms with Crippen LogP contribution in [0.3, 0.4) is 0 Å². The Morgan fingerprint density at radius 3 is 2.76 bits per heavy atom. The Bertz CT molecular complexity index is 425. The number of nitro groups is 1. The van der Waals surface area contributed by atoms with E-state index in [0.717, 1.165) is 6.07 Å². The first-order valence-electron chi connectivity index (χ1n) is 4.90. The van der Waals surface area contributed by atoms with Crippen molar-refractivity contribution in [2.75, 3.05) is 13.7 Å². The van der Waals surface area contributed by atoms with Crippen molar-refractivity contribution >= 4 is 5.69 Å². The zero-order valence-corrected chi connectivity index (χ0v) is 9.22. The number of benzene rings is 1. The Labute approximate surface area is 97.0 Å². The first-order chi connectivity index (χ1) is 8.01. The molecule has 0 spiro atoms. The summed E-state index contributed by atoms with van der Waals surface area (Å²) in [5.41, 5.74) is 4.69. The van der Waals surface area contributed by atoms with E-state index in [1.54, 1.807) is 0 Å². The van der Waals surface area contributed by atoms with Crippen molar-refractivity contribution in [3.8, 4) is 11.5 Å². The predicted molar refractivity (Wildman–Crippen MR) is 58.8 cm³/mol. The standard InChI is InChI=1S/C10H13FN2O4/c1-17-9-5-6(7(11)2-3-12)4-8(10(9)14)13(15)16/h4-5,7,14H,2-3,12H2,1H3. The molecule has 6 nitrogen and oxygen atoms in total. The van der Waals surface area contributed by atoms with E-state index in [1.807, 2.05) is 0 Å². The van der Waals surface area contributed by atoms with E-state index in [4.69, 9.17) is 10.5 Å². The highest BCUT2D eigenvalue weighted by Gasteiger charge is 2.22. The molecular formula is C10H13FN2O4. The summed E-state index contributed by atoms with van der Waals surface area (Å²) in [5.74, 6) is -0.741. The molecule has 0 saturated heterocycles. The predicted octanol–water partition coefficient (Wildman–Crippen LogP) is 1.67. The van der Waals surface area contributed by atoms with Crippen LogP contribution >= 0.6 is 0 Å². The first-order valence-corrected chi connectivity index (χ1v) is 4.90. The number of aromatic hydroxyl groups is 1. The van der Waals surface area contributed by atoms with Crippen molar-refractivity contribution < 1.29 is 19.2 Å². The van der Waals surface area contributed by atoms with Gasteiger partial charge in [-0.15, -0.1) is 0 Å². The van der Waals surface area contributed by atoms with E-state index in [2.05, 4.69) is 0 Å². The van der Waals surface area contributed by atoms with E-state index in [0.29, 0.717) is 0 Å². The average Bonchev–Trinajstić information content (AvgIpc) is 2.29. The second kappa shape index (κ2) is 5.44. The van der Waals surface area contributed by atoms with Gasteiger partial charge in [-0.1, -0.05) is 0 Å². The molecular weight excluding hydrogens is 231 g/mol. The first kappa shape index (κ1) is 13.2. The van der Waals surface area contributed by atoms with Crippen LogP contribution in [0.15, 0.2) is 12.1 Å². The van der Waals surface area contributed by atoms with Gasteiger partial charge in [0.2, 0.25) is 5.75 Å². The lowest BCUT2D eigenvalue weighted by Gasteiger charge is -2.10. The van der Waals surface area contributed by atoms with E-state index in [9.17, 15) is 19.6 Å². The lowest BCUT2D eigenvalue weighted by atomic mass is 10.1. The van der Waals surface area contributed by atoms with Gasteiger partial charge in [-0.25, -0.2) is 4.39 Å². The number of nitrogens with two attached hydrogens (primary N) is 1. The summed E-state index contributed by atoms with van der Waals surface area (Å²) >= 11 is 0. The van der Waals surface area contributed by atoms with Crippen LogP contribution in [0.4, 0.5) is 10.1 Å². The number of nitrogens with zero attached hydrogens (tertiary/aromatic N) is 1. The highest BCUT2D eigenvalue weighted by atomic mass is 19.1. The number of phenolic OH excluding ortho intramolecular Hbond substituents is 1. The van der Waals surface area contributed by atoms with Crippen LogP contribution in [0, 0.1) is 10.1 Å². The number of methoxy groups -OCH3 is 1. The molecule has 0 amide bonds. The number of halogens is 1. The summed E-state index contributed by atoms with van der Waals surface area (Å²) in [6.07, 6.45) is -1.38. The smallest absolute Gasteiger partial charge is 0.315 e. The summed E-state index contributed by atoms with van der Waals surface area (Å²) in [6.45, 7) is 0.123. The maximum Gasteiger partial charge on any atom is 0.315 e. The van der Waals surface area contributed by atoms with Gasteiger partial charge in [0.05, 0.1) is 12.0 Å². The zero-order chi connectivity index (χ0) is 13.0. The van der Waals surface area contributed by atoms with Crippen LogP contribution < -0.4 is 10.5 Å². The molecule has 0 radical (unpaired) electrons. The summed E-state index contributed by atoms with van der Waals surface area (Å²) in [7, 11) is 1.23. The molecule has 1 aromatic rings. The molecule has 0 aliphatic rings. The molecule has 17 heavy (non-hydrogen) atoms. The van der Waals surface area contributed by atoms with Crippen molar-refractivity contribution in [1.82, 2.24) is 0 Å². The van der Waals surface area contributed by atoms with Crippen LogP contribution in [0.2, 0.25) is 0 Å². The van der Waals surface area contributed by atoms with Crippen LogP contribution in [0.1, 0.15) is 18.2 Å². The minimum absolute atomic E-state index is 0.0467. The van der Waals surface area contributed by atoms with Gasteiger partial charge in [0.25, 0.3) is 0 Å². The molecule has 7 heteroatoms. The fraction of sp³-hybridized carbons (Fsp3) is 0.400. The quantitative estimate of drug-likeness (QED) is 0.606. The summed E-state index contributed by atoms with van der Waals surface area (Å²) in [6, 6.07) is 2.21. The second-order valence-electron chi connectivity index (χ2n) is 3.39. The zero-order valence-electron chi connectivity index (χ0n) is 9.22. The molecule has 3 N–H and O–H groups in total. The topological polar surface area (TPSA) is 98.6 Å². The molecule has 0 aliphatic heterocycles. The molecule has 0 aliphatic carbocycles. The summed E-state index contributed by atoms with van der Waals surface area (Å²) < 4.78 is 18.3. The van der Waals surface area contributed by atoms with Gasteiger partial charge < -0.3 is 15.6 Å². The summed E-state index contributed by atoms with van der Waals surface area (Å²) in [4.78, 5) is 9.87. The number of rotatable bonds is 5. The number of alkyl halides is 1. The van der Waals surface area contributed by atoms with Crippen LogP contribution in [0.25, 0.3) is 0 Å². The highest BCUT2D eigenvalue weighted by Crippen LogP contribution is 2.39. The normalized spacial score (nSPS) is 12.2. The van der Waals surface area contributed by atoms with Gasteiger partial charge in [-0.2, -0.15) is 0 Å². The Morgan fingerprint density at radius 1 is 1.65 bits per heavy atom. The Hall–Kier alpha value is -1.89. The lowest BCUT2D eigenvalue weighted by molar-refractivity contribution is -0.386. The van der Waals surface area contributed by atoms with E-state index in [-0.39, 0.29) is 24.3 Å². The molecule has 1 aromatic carbocycles.